The fourth-order valence-electron chi connectivity index (χ4n) is 4.05. The highest BCUT2D eigenvalue weighted by molar-refractivity contribution is 7.15. The Morgan fingerprint density at radius 2 is 2.00 bits per heavy atom. The minimum absolute atomic E-state index is 0.411. The molecule has 0 bridgehead atoms. The molecule has 0 radical (unpaired) electrons. The second-order valence-corrected chi connectivity index (χ2v) is 8.68. The van der Waals surface area contributed by atoms with Gasteiger partial charge in [-0.1, -0.05) is 24.2 Å². The highest BCUT2D eigenvalue weighted by atomic mass is 32.1. The first kappa shape index (κ1) is 18.9. The van der Waals surface area contributed by atoms with Crippen molar-refractivity contribution in [1.29, 1.82) is 10.8 Å². The molecule has 2 aliphatic rings. The van der Waals surface area contributed by atoms with E-state index in [9.17, 15) is 0 Å². The molecule has 1 aliphatic heterocycles. The van der Waals surface area contributed by atoms with Gasteiger partial charge in [0, 0.05) is 19.0 Å². The van der Waals surface area contributed by atoms with Gasteiger partial charge >= 0.3 is 0 Å². The van der Waals surface area contributed by atoms with Gasteiger partial charge in [-0.3, -0.25) is 15.8 Å². The summed E-state index contributed by atoms with van der Waals surface area (Å²) in [5.41, 5.74) is 2.54. The standard InChI is InChI=1S/C20H23N9S/c21-12-29-8-7-28(11-17(29)22)14-9-16-15(23-10-14)5-6-18(24-16)25-20-27-26-19(30-20)13-3-1-2-4-13/h5-6,9-10,12-13,21-22H,1-4,7-8,11H2,(H,24,25,27). The molecule has 1 saturated carbocycles. The summed E-state index contributed by atoms with van der Waals surface area (Å²) in [6.07, 6.45) is 8.02. The SMILES string of the molecule is N=CN1CCN(c2cnc3ccc(Nc4nnc(C5CCCC5)s4)nc3c2)CC1=N. The topological polar surface area (TPSA) is 118 Å². The molecule has 0 atom stereocenters. The van der Waals surface area contributed by atoms with Crippen molar-refractivity contribution in [3.05, 3.63) is 29.4 Å². The molecule has 3 aromatic rings. The molecule has 0 spiro atoms. The van der Waals surface area contributed by atoms with Gasteiger partial charge in [-0.25, -0.2) is 4.98 Å². The van der Waals surface area contributed by atoms with Crippen LogP contribution in [-0.4, -0.2) is 56.9 Å². The zero-order valence-electron chi connectivity index (χ0n) is 16.5. The van der Waals surface area contributed by atoms with E-state index in [1.165, 1.54) is 32.0 Å². The van der Waals surface area contributed by atoms with Crippen LogP contribution in [0.25, 0.3) is 11.0 Å². The third-order valence-electron chi connectivity index (χ3n) is 5.72. The molecule has 3 N–H and O–H groups in total. The largest absolute Gasteiger partial charge is 0.361 e. The number of amidine groups is 1. The highest BCUT2D eigenvalue weighted by Crippen LogP contribution is 2.37. The third kappa shape index (κ3) is 3.70. The van der Waals surface area contributed by atoms with Crippen LogP contribution in [0.15, 0.2) is 24.4 Å². The number of fused-ring (bicyclic) bond motifs is 1. The number of nitrogens with one attached hydrogen (secondary N) is 3. The van der Waals surface area contributed by atoms with E-state index in [1.54, 1.807) is 16.2 Å². The van der Waals surface area contributed by atoms with Crippen LogP contribution in [0.4, 0.5) is 16.6 Å². The van der Waals surface area contributed by atoms with Gasteiger partial charge < -0.3 is 15.1 Å². The summed E-state index contributed by atoms with van der Waals surface area (Å²) in [5.74, 6) is 1.69. The average Bonchev–Trinajstić information content (AvgIpc) is 3.45. The maximum absolute atomic E-state index is 8.09. The van der Waals surface area contributed by atoms with E-state index >= 15 is 0 Å². The number of piperazine rings is 1. The number of anilines is 3. The summed E-state index contributed by atoms with van der Waals surface area (Å²) in [6.45, 7) is 1.81. The van der Waals surface area contributed by atoms with E-state index in [2.05, 4.69) is 25.4 Å². The Labute approximate surface area is 178 Å². The minimum Gasteiger partial charge on any atom is -0.361 e. The lowest BCUT2D eigenvalue weighted by atomic mass is 10.1. The molecule has 10 heteroatoms. The molecular formula is C20H23N9S. The Morgan fingerprint density at radius 1 is 1.13 bits per heavy atom. The van der Waals surface area contributed by atoms with Crippen LogP contribution >= 0.6 is 11.3 Å². The van der Waals surface area contributed by atoms with Crippen LogP contribution in [0.5, 0.6) is 0 Å². The lowest BCUT2D eigenvalue weighted by molar-refractivity contribution is 0.558. The second kappa shape index (κ2) is 7.94. The predicted octanol–water partition coefficient (Wildman–Crippen LogP) is 3.59. The van der Waals surface area contributed by atoms with Crippen LogP contribution in [0.3, 0.4) is 0 Å². The number of rotatable bonds is 5. The van der Waals surface area contributed by atoms with E-state index in [4.69, 9.17) is 15.8 Å². The van der Waals surface area contributed by atoms with E-state index in [-0.39, 0.29) is 0 Å². The van der Waals surface area contributed by atoms with Crippen molar-refractivity contribution < 1.29 is 0 Å². The molecule has 4 heterocycles. The Morgan fingerprint density at radius 3 is 2.80 bits per heavy atom. The fraction of sp³-hybridized carbons (Fsp3) is 0.400. The lowest BCUT2D eigenvalue weighted by Gasteiger charge is -2.34. The van der Waals surface area contributed by atoms with Crippen molar-refractivity contribution in [1.82, 2.24) is 25.1 Å². The predicted molar refractivity (Wildman–Crippen MR) is 119 cm³/mol. The summed E-state index contributed by atoms with van der Waals surface area (Å²) >= 11 is 1.62. The molecular weight excluding hydrogens is 398 g/mol. The number of hydrogen-bond acceptors (Lipinski definition) is 9. The first-order valence-corrected chi connectivity index (χ1v) is 11.0. The maximum atomic E-state index is 8.09. The number of nitrogens with zero attached hydrogens (tertiary/aromatic N) is 6. The van der Waals surface area contributed by atoms with Gasteiger partial charge in [0.15, 0.2) is 0 Å². The van der Waals surface area contributed by atoms with Gasteiger partial charge in [0.2, 0.25) is 5.13 Å². The molecule has 2 fully saturated rings. The van der Waals surface area contributed by atoms with Crippen LogP contribution in [0, 0.1) is 10.8 Å². The molecule has 1 aliphatic carbocycles. The quantitative estimate of drug-likeness (QED) is 0.425. The van der Waals surface area contributed by atoms with Crippen LogP contribution in [0.2, 0.25) is 0 Å². The normalized spacial score (nSPS) is 17.7. The molecule has 0 amide bonds. The van der Waals surface area contributed by atoms with Crippen molar-refractivity contribution in [3.8, 4) is 0 Å². The van der Waals surface area contributed by atoms with Gasteiger partial charge in [-0.05, 0) is 31.0 Å². The summed E-state index contributed by atoms with van der Waals surface area (Å²) in [5, 5.41) is 29.3. The van der Waals surface area contributed by atoms with Crippen molar-refractivity contribution in [2.75, 3.05) is 29.9 Å². The van der Waals surface area contributed by atoms with E-state index in [1.807, 2.05) is 24.4 Å². The fourth-order valence-corrected chi connectivity index (χ4v) is 4.97. The third-order valence-corrected chi connectivity index (χ3v) is 6.72. The first-order valence-electron chi connectivity index (χ1n) is 10.2. The molecule has 0 aromatic carbocycles. The van der Waals surface area contributed by atoms with Gasteiger partial charge in [0.1, 0.15) is 16.7 Å². The Balaban J connectivity index is 1.35. The number of aromatic nitrogens is 4. The number of pyridine rings is 2. The van der Waals surface area contributed by atoms with Crippen molar-refractivity contribution >= 4 is 51.2 Å². The lowest BCUT2D eigenvalue weighted by Crippen LogP contribution is -2.49. The molecule has 9 nitrogen and oxygen atoms in total. The van der Waals surface area contributed by atoms with Gasteiger partial charge in [0.25, 0.3) is 0 Å². The van der Waals surface area contributed by atoms with E-state index < -0.39 is 0 Å². The summed E-state index contributed by atoms with van der Waals surface area (Å²) in [6, 6.07) is 5.86. The smallest absolute Gasteiger partial charge is 0.211 e. The first-order chi connectivity index (χ1) is 14.7. The zero-order chi connectivity index (χ0) is 20.5. The van der Waals surface area contributed by atoms with Crippen molar-refractivity contribution in [3.63, 3.8) is 0 Å². The monoisotopic (exact) mass is 421 g/mol. The van der Waals surface area contributed by atoms with Gasteiger partial charge in [-0.15, -0.1) is 10.2 Å². The molecule has 30 heavy (non-hydrogen) atoms. The van der Waals surface area contributed by atoms with Crippen molar-refractivity contribution in [2.24, 2.45) is 0 Å². The van der Waals surface area contributed by atoms with E-state index in [0.29, 0.717) is 24.8 Å². The number of hydrogen-bond donors (Lipinski definition) is 3. The zero-order valence-corrected chi connectivity index (χ0v) is 17.3. The molecule has 5 rings (SSSR count). The maximum Gasteiger partial charge on any atom is 0.211 e. The Bertz CT molecular complexity index is 1090. The Hall–Kier alpha value is -3.14. The molecule has 0 unspecified atom stereocenters. The second-order valence-electron chi connectivity index (χ2n) is 7.67. The molecule has 154 valence electrons. The molecule has 1 saturated heterocycles. The van der Waals surface area contributed by atoms with Crippen molar-refractivity contribution in [2.45, 2.75) is 31.6 Å². The van der Waals surface area contributed by atoms with Crippen LogP contribution in [0.1, 0.15) is 36.6 Å². The summed E-state index contributed by atoms with van der Waals surface area (Å²) < 4.78 is 0. The average molecular weight is 422 g/mol. The van der Waals surface area contributed by atoms with Gasteiger partial charge in [-0.2, -0.15) is 0 Å². The van der Waals surface area contributed by atoms with E-state index in [0.717, 1.165) is 39.2 Å². The van der Waals surface area contributed by atoms with Crippen LogP contribution < -0.4 is 10.2 Å². The minimum atomic E-state index is 0.411. The molecule has 3 aromatic heterocycles. The highest BCUT2D eigenvalue weighted by Gasteiger charge is 2.22. The summed E-state index contributed by atoms with van der Waals surface area (Å²) in [4.78, 5) is 13.0. The van der Waals surface area contributed by atoms with Gasteiger partial charge in [0.05, 0.1) is 35.8 Å². The van der Waals surface area contributed by atoms with Crippen LogP contribution in [-0.2, 0) is 0 Å². The summed E-state index contributed by atoms with van der Waals surface area (Å²) in [7, 11) is 0. The Kier molecular flexibility index (Phi) is 4.99.